The summed E-state index contributed by atoms with van der Waals surface area (Å²) in [5.41, 5.74) is 2.87. The summed E-state index contributed by atoms with van der Waals surface area (Å²) in [6.45, 7) is 4.58. The van der Waals surface area contributed by atoms with Gasteiger partial charge in [-0.1, -0.05) is 12.6 Å². The van der Waals surface area contributed by atoms with Gasteiger partial charge in [-0.3, -0.25) is 10.3 Å². The van der Waals surface area contributed by atoms with E-state index in [4.69, 9.17) is 5.41 Å². The van der Waals surface area contributed by atoms with E-state index < -0.39 is 6.23 Å². The van der Waals surface area contributed by atoms with Crippen molar-refractivity contribution in [2.75, 3.05) is 11.9 Å². The lowest BCUT2D eigenvalue weighted by atomic mass is 10.2. The van der Waals surface area contributed by atoms with E-state index in [1.165, 1.54) is 17.6 Å². The first-order valence-electron chi connectivity index (χ1n) is 7.65. The molecule has 8 heteroatoms. The van der Waals surface area contributed by atoms with Crippen molar-refractivity contribution in [1.82, 2.24) is 20.3 Å². The maximum absolute atomic E-state index is 10.5. The molecule has 4 N–H and O–H groups in total. The number of nitrogens with one attached hydrogen (secondary N) is 3. The topological polar surface area (TPSA) is 107 Å². The molecule has 1 unspecified atom stereocenters. The molecule has 7 nitrogen and oxygen atoms in total. The Hall–Kier alpha value is -2.68. The van der Waals surface area contributed by atoms with Crippen LogP contribution in [0.15, 0.2) is 48.1 Å². The highest BCUT2D eigenvalue weighted by molar-refractivity contribution is 7.17. The number of pyridine rings is 1. The van der Waals surface area contributed by atoms with Crippen molar-refractivity contribution in [3.63, 3.8) is 0 Å². The van der Waals surface area contributed by atoms with Crippen LogP contribution in [0.2, 0.25) is 0 Å². The zero-order valence-corrected chi connectivity index (χ0v) is 14.3. The van der Waals surface area contributed by atoms with Gasteiger partial charge in [-0.05, 0) is 28.6 Å². The van der Waals surface area contributed by atoms with E-state index in [1.807, 2.05) is 23.6 Å². The fraction of sp³-hybridized carbons (Fsp3) is 0.176. The van der Waals surface area contributed by atoms with Crippen LogP contribution in [-0.2, 0) is 6.54 Å². The number of nitrogens with zero attached hydrogens (tertiary/aromatic N) is 3. The van der Waals surface area contributed by atoms with Crippen LogP contribution in [0.4, 0.5) is 5.95 Å². The number of rotatable bonds is 8. The Balaban J connectivity index is 1.79. The largest absolute Gasteiger partial charge is 0.373 e. The smallest absolute Gasteiger partial charge is 0.223 e. The molecule has 0 aliphatic heterocycles. The number of hydrogen-bond donors (Lipinski definition) is 4. The molecule has 128 valence electrons. The van der Waals surface area contributed by atoms with Crippen LogP contribution in [0.25, 0.3) is 10.2 Å². The average molecular weight is 354 g/mol. The number of hydrogen-bond acceptors (Lipinski definition) is 8. The highest BCUT2D eigenvalue weighted by Crippen LogP contribution is 2.27. The lowest BCUT2D eigenvalue weighted by Crippen LogP contribution is -2.22. The second-order valence-electron chi connectivity index (χ2n) is 5.37. The molecule has 0 fully saturated rings. The molecular formula is C17H18N6OS. The molecule has 0 bridgehead atoms. The Morgan fingerprint density at radius 1 is 1.40 bits per heavy atom. The Morgan fingerprint density at radius 2 is 2.28 bits per heavy atom. The Labute approximate surface area is 149 Å². The van der Waals surface area contributed by atoms with Crippen molar-refractivity contribution >= 4 is 33.7 Å². The molecule has 3 heterocycles. The first-order valence-corrected chi connectivity index (χ1v) is 8.53. The van der Waals surface area contributed by atoms with Crippen molar-refractivity contribution in [3.8, 4) is 0 Å². The zero-order valence-electron chi connectivity index (χ0n) is 13.4. The third-order valence-electron chi connectivity index (χ3n) is 3.49. The third kappa shape index (κ3) is 4.24. The normalized spacial score (nSPS) is 12.0. The summed E-state index contributed by atoms with van der Waals surface area (Å²) in [6, 6.07) is 5.67. The second-order valence-corrected chi connectivity index (χ2v) is 6.28. The molecule has 3 aromatic rings. The van der Waals surface area contributed by atoms with E-state index >= 15 is 0 Å². The highest BCUT2D eigenvalue weighted by Gasteiger charge is 2.16. The van der Waals surface area contributed by atoms with Crippen LogP contribution >= 0.6 is 11.3 Å². The predicted octanol–water partition coefficient (Wildman–Crippen LogP) is 2.48. The molecule has 0 aliphatic rings. The van der Waals surface area contributed by atoms with Gasteiger partial charge in [0.1, 0.15) is 11.9 Å². The van der Waals surface area contributed by atoms with Gasteiger partial charge in [0.15, 0.2) is 0 Å². The quantitative estimate of drug-likeness (QED) is 0.366. The van der Waals surface area contributed by atoms with Crippen LogP contribution < -0.4 is 10.6 Å². The first-order chi connectivity index (χ1) is 12.2. The number of thiophene rings is 1. The van der Waals surface area contributed by atoms with Gasteiger partial charge in [0.2, 0.25) is 5.95 Å². The molecule has 0 radical (unpaired) electrons. The van der Waals surface area contributed by atoms with E-state index in [0.717, 1.165) is 15.8 Å². The van der Waals surface area contributed by atoms with Gasteiger partial charge >= 0.3 is 0 Å². The molecule has 0 aromatic carbocycles. The van der Waals surface area contributed by atoms with Crippen molar-refractivity contribution in [3.05, 3.63) is 59.4 Å². The monoisotopic (exact) mass is 354 g/mol. The molecule has 3 rings (SSSR count). The van der Waals surface area contributed by atoms with Gasteiger partial charge in [0, 0.05) is 31.7 Å². The van der Waals surface area contributed by atoms with Gasteiger partial charge in [-0.2, -0.15) is 0 Å². The van der Waals surface area contributed by atoms with E-state index in [1.54, 1.807) is 12.4 Å². The fourth-order valence-electron chi connectivity index (χ4n) is 2.21. The molecule has 1 atom stereocenters. The third-order valence-corrected chi connectivity index (χ3v) is 4.41. The van der Waals surface area contributed by atoms with E-state index in [2.05, 4.69) is 32.2 Å². The molecule has 3 aromatic heterocycles. The molecule has 0 aliphatic carbocycles. The molecule has 0 saturated carbocycles. The highest BCUT2D eigenvalue weighted by atomic mass is 32.1. The van der Waals surface area contributed by atoms with Crippen LogP contribution in [0.1, 0.15) is 17.5 Å². The van der Waals surface area contributed by atoms with Crippen LogP contribution in [0.5, 0.6) is 0 Å². The van der Waals surface area contributed by atoms with Gasteiger partial charge in [-0.15, -0.1) is 11.3 Å². The van der Waals surface area contributed by atoms with Crippen LogP contribution in [0, 0.1) is 5.41 Å². The molecule has 0 amide bonds. The first kappa shape index (κ1) is 17.2. The van der Waals surface area contributed by atoms with Crippen LogP contribution in [-0.4, -0.2) is 32.8 Å². The van der Waals surface area contributed by atoms with Gasteiger partial charge < -0.3 is 15.8 Å². The number of aliphatic hydroxyl groups is 1. The summed E-state index contributed by atoms with van der Waals surface area (Å²) in [5.74, 6) is 0.395. The number of anilines is 1. The Kier molecular flexibility index (Phi) is 5.44. The molecule has 0 spiro atoms. The average Bonchev–Trinajstić information content (AvgIpc) is 3.12. The number of aliphatic hydroxyl groups excluding tert-OH is 1. The minimum Gasteiger partial charge on any atom is -0.373 e. The standard InChI is InChI=1S/C17H18N6OS/c1-11(7-18)8-21-17-22-13-4-6-25-15(13)14(23-17)16(24)20-10-12-3-2-5-19-9-12/h2-7,9,16,18,20,24H,1,8,10H2,(H,21,22,23). The summed E-state index contributed by atoms with van der Waals surface area (Å²) in [5, 5.41) is 25.7. The minimum absolute atomic E-state index is 0.373. The second kappa shape index (κ2) is 7.93. The molecule has 0 saturated heterocycles. The SMILES string of the molecule is C=C(C=N)CNc1nc(C(O)NCc2cccnc2)c2sccc2n1. The van der Waals surface area contributed by atoms with Gasteiger partial charge in [0.25, 0.3) is 0 Å². The van der Waals surface area contributed by atoms with Crippen molar-refractivity contribution in [2.24, 2.45) is 0 Å². The summed E-state index contributed by atoms with van der Waals surface area (Å²) >= 11 is 1.48. The molecule has 25 heavy (non-hydrogen) atoms. The van der Waals surface area contributed by atoms with Crippen LogP contribution in [0.3, 0.4) is 0 Å². The fourth-order valence-corrected chi connectivity index (χ4v) is 3.05. The summed E-state index contributed by atoms with van der Waals surface area (Å²) < 4.78 is 0.836. The lowest BCUT2D eigenvalue weighted by molar-refractivity contribution is 0.134. The maximum atomic E-state index is 10.5. The Bertz CT molecular complexity index is 879. The van der Waals surface area contributed by atoms with E-state index in [-0.39, 0.29) is 0 Å². The van der Waals surface area contributed by atoms with E-state index in [9.17, 15) is 5.11 Å². The maximum Gasteiger partial charge on any atom is 0.223 e. The Morgan fingerprint density at radius 3 is 3.04 bits per heavy atom. The van der Waals surface area contributed by atoms with Crippen molar-refractivity contribution in [2.45, 2.75) is 12.8 Å². The van der Waals surface area contributed by atoms with Crippen molar-refractivity contribution < 1.29 is 5.11 Å². The number of fused-ring (bicyclic) bond motifs is 1. The predicted molar refractivity (Wildman–Crippen MR) is 99.9 cm³/mol. The zero-order chi connectivity index (χ0) is 17.6. The molecular weight excluding hydrogens is 336 g/mol. The lowest BCUT2D eigenvalue weighted by Gasteiger charge is -2.14. The minimum atomic E-state index is -0.934. The summed E-state index contributed by atoms with van der Waals surface area (Å²) in [6.07, 6.45) is 3.70. The summed E-state index contributed by atoms with van der Waals surface area (Å²) in [7, 11) is 0. The van der Waals surface area contributed by atoms with Gasteiger partial charge in [-0.25, -0.2) is 9.97 Å². The number of aromatic nitrogens is 3. The summed E-state index contributed by atoms with van der Waals surface area (Å²) in [4.78, 5) is 12.9. The van der Waals surface area contributed by atoms with Crippen molar-refractivity contribution in [1.29, 1.82) is 5.41 Å². The van der Waals surface area contributed by atoms with Gasteiger partial charge in [0.05, 0.1) is 10.2 Å². The van der Waals surface area contributed by atoms with E-state index in [0.29, 0.717) is 30.3 Å².